The number of esters is 1. The van der Waals surface area contributed by atoms with Gasteiger partial charge in [-0.15, -0.1) is 0 Å². The third kappa shape index (κ3) is 3.93. The van der Waals surface area contributed by atoms with Gasteiger partial charge in [-0.1, -0.05) is 0 Å². The number of rotatable bonds is 5. The molecular formula is C12H16FO4P. The van der Waals surface area contributed by atoms with Crippen LogP contribution in [0.1, 0.15) is 22.8 Å². The van der Waals surface area contributed by atoms with E-state index in [9.17, 15) is 13.8 Å². The summed E-state index contributed by atoms with van der Waals surface area (Å²) in [5, 5.41) is 0. The molecule has 0 aromatic heterocycles. The molecule has 0 aliphatic carbocycles. The van der Waals surface area contributed by atoms with Gasteiger partial charge in [-0.05, 0) is 30.7 Å². The van der Waals surface area contributed by atoms with Crippen LogP contribution < -0.4 is 0 Å². The Morgan fingerprint density at radius 1 is 1.44 bits per heavy atom. The number of hydrogen-bond acceptors (Lipinski definition) is 4. The van der Waals surface area contributed by atoms with Gasteiger partial charge in [-0.25, -0.2) is 9.18 Å². The molecule has 1 rings (SSSR count). The van der Waals surface area contributed by atoms with E-state index >= 15 is 0 Å². The van der Waals surface area contributed by atoms with Crippen molar-refractivity contribution in [2.75, 3.05) is 20.4 Å². The monoisotopic (exact) mass is 274 g/mol. The van der Waals surface area contributed by atoms with Gasteiger partial charge in [-0.3, -0.25) is 4.57 Å². The van der Waals surface area contributed by atoms with E-state index in [1.165, 1.54) is 25.9 Å². The molecular weight excluding hydrogens is 258 g/mol. The molecule has 0 N–H and O–H groups in total. The Kier molecular flexibility index (Phi) is 5.05. The van der Waals surface area contributed by atoms with Crippen LogP contribution in [0.25, 0.3) is 0 Å². The number of carbonyl (C=O) groups excluding carboxylic acids is 1. The molecule has 0 saturated heterocycles. The summed E-state index contributed by atoms with van der Waals surface area (Å²) in [4.78, 5) is 11.3. The molecule has 0 bridgehead atoms. The molecule has 1 aromatic rings. The Morgan fingerprint density at radius 2 is 2.11 bits per heavy atom. The number of halogens is 1. The minimum atomic E-state index is -2.89. The van der Waals surface area contributed by atoms with Gasteiger partial charge < -0.3 is 9.26 Å². The molecule has 4 nitrogen and oxygen atoms in total. The maximum Gasteiger partial charge on any atom is 0.337 e. The lowest BCUT2D eigenvalue weighted by Crippen LogP contribution is -2.04. The van der Waals surface area contributed by atoms with E-state index in [2.05, 4.69) is 4.74 Å². The van der Waals surface area contributed by atoms with Crippen LogP contribution in [-0.4, -0.2) is 26.4 Å². The van der Waals surface area contributed by atoms with Crippen LogP contribution in [0.3, 0.4) is 0 Å². The lowest BCUT2D eigenvalue weighted by atomic mass is 10.1. The summed E-state index contributed by atoms with van der Waals surface area (Å²) in [5.41, 5.74) is 0.419. The first-order chi connectivity index (χ1) is 8.39. The van der Waals surface area contributed by atoms with Gasteiger partial charge in [0, 0.05) is 6.66 Å². The summed E-state index contributed by atoms with van der Waals surface area (Å²) in [6.45, 7) is 3.46. The minimum Gasteiger partial charge on any atom is -0.465 e. The van der Waals surface area contributed by atoms with Crippen LogP contribution in [0.5, 0.6) is 0 Å². The van der Waals surface area contributed by atoms with Crippen molar-refractivity contribution in [1.29, 1.82) is 0 Å². The summed E-state index contributed by atoms with van der Waals surface area (Å²) in [6, 6.07) is 3.83. The van der Waals surface area contributed by atoms with Gasteiger partial charge in [0.2, 0.25) is 7.37 Å². The summed E-state index contributed by atoms with van der Waals surface area (Å²) in [5.74, 6) is -1.07. The molecule has 1 unspecified atom stereocenters. The first kappa shape index (κ1) is 14.9. The molecule has 0 fully saturated rings. The predicted octanol–water partition coefficient (Wildman–Crippen LogP) is 3.06. The normalized spacial score (nSPS) is 14.0. The second-order valence-electron chi connectivity index (χ2n) is 3.89. The Morgan fingerprint density at radius 3 is 2.67 bits per heavy atom. The van der Waals surface area contributed by atoms with Crippen molar-refractivity contribution in [3.8, 4) is 0 Å². The number of ether oxygens (including phenoxy) is 1. The molecule has 0 spiro atoms. The highest BCUT2D eigenvalue weighted by Crippen LogP contribution is 2.46. The van der Waals surface area contributed by atoms with Crippen LogP contribution in [0.2, 0.25) is 0 Å². The van der Waals surface area contributed by atoms with E-state index in [1.807, 2.05) is 0 Å². The smallest absolute Gasteiger partial charge is 0.337 e. The van der Waals surface area contributed by atoms with Crippen molar-refractivity contribution in [2.24, 2.45) is 0 Å². The van der Waals surface area contributed by atoms with Crippen LogP contribution >= 0.6 is 7.37 Å². The van der Waals surface area contributed by atoms with Crippen LogP contribution in [-0.2, 0) is 20.0 Å². The maximum atomic E-state index is 13.6. The fraction of sp³-hybridized carbons (Fsp3) is 0.417. The molecule has 0 radical (unpaired) electrons. The van der Waals surface area contributed by atoms with Crippen molar-refractivity contribution in [1.82, 2.24) is 0 Å². The van der Waals surface area contributed by atoms with Crippen molar-refractivity contribution in [2.45, 2.75) is 13.1 Å². The zero-order valence-electron chi connectivity index (χ0n) is 10.6. The van der Waals surface area contributed by atoms with E-state index < -0.39 is 19.2 Å². The van der Waals surface area contributed by atoms with Crippen LogP contribution in [0, 0.1) is 5.82 Å². The predicted molar refractivity (Wildman–Crippen MR) is 66.6 cm³/mol. The van der Waals surface area contributed by atoms with E-state index in [4.69, 9.17) is 4.52 Å². The summed E-state index contributed by atoms with van der Waals surface area (Å²) in [7, 11) is -1.65. The highest BCUT2D eigenvalue weighted by Gasteiger charge is 2.19. The first-order valence-electron chi connectivity index (χ1n) is 5.47. The lowest BCUT2D eigenvalue weighted by molar-refractivity contribution is 0.0600. The number of benzene rings is 1. The fourth-order valence-electron chi connectivity index (χ4n) is 1.57. The second kappa shape index (κ2) is 6.12. The Bertz CT molecular complexity index is 487. The summed E-state index contributed by atoms with van der Waals surface area (Å²) in [6.07, 6.45) is -0.0441. The zero-order chi connectivity index (χ0) is 13.8. The molecule has 1 atom stereocenters. The molecule has 0 amide bonds. The SMILES string of the molecule is CCOP(C)(=O)Cc1cc(C(=O)OC)ccc1F. The standard InChI is InChI=1S/C12H16FO4P/c1-4-17-18(3,15)8-10-7-9(12(14)16-2)5-6-11(10)13/h5-7H,4,8H2,1-3H3. The van der Waals surface area contributed by atoms with Gasteiger partial charge in [-0.2, -0.15) is 0 Å². The van der Waals surface area contributed by atoms with E-state index in [1.54, 1.807) is 6.92 Å². The number of methoxy groups -OCH3 is 1. The fourth-order valence-corrected chi connectivity index (χ4v) is 3.07. The molecule has 1 aromatic carbocycles. The molecule has 0 aliphatic heterocycles. The molecule has 6 heteroatoms. The Labute approximate surface area is 106 Å². The zero-order valence-corrected chi connectivity index (χ0v) is 11.5. The van der Waals surface area contributed by atoms with E-state index in [-0.39, 0.29) is 17.3 Å². The summed E-state index contributed by atoms with van der Waals surface area (Å²) < 4.78 is 35.2. The molecule has 0 aliphatic rings. The lowest BCUT2D eigenvalue weighted by Gasteiger charge is -2.13. The maximum absolute atomic E-state index is 13.6. The van der Waals surface area contributed by atoms with Crippen molar-refractivity contribution < 1.29 is 23.0 Å². The highest BCUT2D eigenvalue weighted by atomic mass is 31.2. The van der Waals surface area contributed by atoms with E-state index in [0.29, 0.717) is 6.61 Å². The second-order valence-corrected chi connectivity index (χ2v) is 6.49. The molecule has 0 heterocycles. The van der Waals surface area contributed by atoms with Gasteiger partial charge in [0.25, 0.3) is 0 Å². The van der Waals surface area contributed by atoms with Crippen LogP contribution in [0.4, 0.5) is 4.39 Å². The van der Waals surface area contributed by atoms with E-state index in [0.717, 1.165) is 6.07 Å². The van der Waals surface area contributed by atoms with Gasteiger partial charge in [0.15, 0.2) is 0 Å². The van der Waals surface area contributed by atoms with Crippen molar-refractivity contribution >= 4 is 13.3 Å². The largest absolute Gasteiger partial charge is 0.465 e. The third-order valence-electron chi connectivity index (χ3n) is 2.33. The first-order valence-corrected chi connectivity index (χ1v) is 7.73. The summed E-state index contributed by atoms with van der Waals surface area (Å²) >= 11 is 0. The molecule has 100 valence electrons. The average molecular weight is 274 g/mol. The van der Waals surface area contributed by atoms with Crippen LogP contribution in [0.15, 0.2) is 18.2 Å². The minimum absolute atomic E-state index is 0.0441. The number of hydrogen-bond donors (Lipinski definition) is 0. The molecule has 0 saturated carbocycles. The Balaban J connectivity index is 3.01. The highest BCUT2D eigenvalue weighted by molar-refractivity contribution is 7.57. The number of carbonyl (C=O) groups is 1. The van der Waals surface area contributed by atoms with Gasteiger partial charge in [0.1, 0.15) is 5.82 Å². The van der Waals surface area contributed by atoms with Crippen molar-refractivity contribution in [3.63, 3.8) is 0 Å². The quantitative estimate of drug-likeness (QED) is 0.611. The van der Waals surface area contributed by atoms with Crippen molar-refractivity contribution in [3.05, 3.63) is 35.1 Å². The Hall–Kier alpha value is -1.19. The van der Waals surface area contributed by atoms with Gasteiger partial charge >= 0.3 is 5.97 Å². The van der Waals surface area contributed by atoms with Gasteiger partial charge in [0.05, 0.1) is 25.4 Å². The average Bonchev–Trinajstić information content (AvgIpc) is 2.30. The third-order valence-corrected chi connectivity index (χ3v) is 4.05. The topological polar surface area (TPSA) is 52.6 Å². The molecule has 18 heavy (non-hydrogen) atoms.